The van der Waals surface area contributed by atoms with Crippen LogP contribution in [0.1, 0.15) is 32.8 Å². The number of nitrogens with one attached hydrogen (secondary N) is 1. The van der Waals surface area contributed by atoms with E-state index in [-0.39, 0.29) is 17.6 Å². The SMILES string of the molecule is CCCNC(=O)C(C#N)=Cc1cc(Br)c(OC(C)C)c(OC)c1. The first kappa shape index (κ1) is 19.0. The summed E-state index contributed by atoms with van der Waals surface area (Å²) in [6, 6.07) is 5.44. The largest absolute Gasteiger partial charge is 0.493 e. The summed E-state index contributed by atoms with van der Waals surface area (Å²) in [5, 5.41) is 11.9. The van der Waals surface area contributed by atoms with Crippen LogP contribution in [0.25, 0.3) is 6.08 Å². The number of amides is 1. The summed E-state index contributed by atoms with van der Waals surface area (Å²) in [6.45, 7) is 6.33. The van der Waals surface area contributed by atoms with E-state index in [1.165, 1.54) is 6.08 Å². The zero-order valence-corrected chi connectivity index (χ0v) is 15.4. The van der Waals surface area contributed by atoms with Crippen LogP contribution in [0.2, 0.25) is 0 Å². The lowest BCUT2D eigenvalue weighted by atomic mass is 10.1. The highest BCUT2D eigenvalue weighted by atomic mass is 79.9. The lowest BCUT2D eigenvalue weighted by Gasteiger charge is -2.16. The van der Waals surface area contributed by atoms with E-state index < -0.39 is 0 Å². The Bertz CT molecular complexity index is 633. The lowest BCUT2D eigenvalue weighted by Crippen LogP contribution is -2.25. The van der Waals surface area contributed by atoms with Crippen molar-refractivity contribution in [2.24, 2.45) is 0 Å². The zero-order chi connectivity index (χ0) is 17.4. The fourth-order valence-electron chi connectivity index (χ4n) is 1.82. The van der Waals surface area contributed by atoms with Crippen LogP contribution in [0.15, 0.2) is 22.2 Å². The highest BCUT2D eigenvalue weighted by Gasteiger charge is 2.14. The Morgan fingerprint density at radius 1 is 1.48 bits per heavy atom. The summed E-state index contributed by atoms with van der Waals surface area (Å²) < 4.78 is 11.8. The van der Waals surface area contributed by atoms with Gasteiger partial charge in [0, 0.05) is 6.54 Å². The molecule has 0 heterocycles. The molecule has 1 N–H and O–H groups in total. The van der Waals surface area contributed by atoms with Crippen LogP contribution in [0.5, 0.6) is 11.5 Å². The number of nitrogens with zero attached hydrogens (tertiary/aromatic N) is 1. The maximum absolute atomic E-state index is 11.9. The molecule has 124 valence electrons. The molecule has 1 amide bonds. The molecule has 1 aromatic rings. The van der Waals surface area contributed by atoms with Crippen LogP contribution in [0, 0.1) is 11.3 Å². The number of nitriles is 1. The molecule has 1 aromatic carbocycles. The van der Waals surface area contributed by atoms with Gasteiger partial charge in [-0.25, -0.2) is 0 Å². The zero-order valence-electron chi connectivity index (χ0n) is 13.8. The smallest absolute Gasteiger partial charge is 0.261 e. The van der Waals surface area contributed by atoms with Crippen LogP contribution >= 0.6 is 15.9 Å². The fraction of sp³-hybridized carbons (Fsp3) is 0.412. The number of carbonyl (C=O) groups is 1. The molecule has 5 nitrogen and oxygen atoms in total. The van der Waals surface area contributed by atoms with Crippen molar-refractivity contribution in [2.75, 3.05) is 13.7 Å². The molecule has 0 spiro atoms. The molecule has 0 fully saturated rings. The Morgan fingerprint density at radius 3 is 2.70 bits per heavy atom. The second kappa shape index (κ2) is 9.21. The van der Waals surface area contributed by atoms with Gasteiger partial charge >= 0.3 is 0 Å². The van der Waals surface area contributed by atoms with Gasteiger partial charge in [-0.2, -0.15) is 5.26 Å². The van der Waals surface area contributed by atoms with Crippen LogP contribution in [0.3, 0.4) is 0 Å². The van der Waals surface area contributed by atoms with E-state index in [0.717, 1.165) is 6.42 Å². The van der Waals surface area contributed by atoms with Crippen molar-refractivity contribution in [2.45, 2.75) is 33.3 Å². The highest BCUT2D eigenvalue weighted by molar-refractivity contribution is 9.10. The summed E-state index contributed by atoms with van der Waals surface area (Å²) in [7, 11) is 1.54. The number of benzene rings is 1. The van der Waals surface area contributed by atoms with Gasteiger partial charge in [0.1, 0.15) is 11.6 Å². The van der Waals surface area contributed by atoms with Crippen LogP contribution in [-0.2, 0) is 4.79 Å². The molecule has 6 heteroatoms. The minimum absolute atomic E-state index is 0.00363. The molecule has 0 aliphatic heterocycles. The van der Waals surface area contributed by atoms with Crippen molar-refractivity contribution in [3.05, 3.63) is 27.7 Å². The van der Waals surface area contributed by atoms with Crippen molar-refractivity contribution < 1.29 is 14.3 Å². The van der Waals surface area contributed by atoms with Gasteiger partial charge in [-0.15, -0.1) is 0 Å². The van der Waals surface area contributed by atoms with E-state index in [1.807, 2.05) is 26.8 Å². The quantitative estimate of drug-likeness (QED) is 0.578. The monoisotopic (exact) mass is 380 g/mol. The van der Waals surface area contributed by atoms with Crippen molar-refractivity contribution in [1.29, 1.82) is 5.26 Å². The average molecular weight is 381 g/mol. The van der Waals surface area contributed by atoms with Crippen molar-refractivity contribution in [1.82, 2.24) is 5.32 Å². The van der Waals surface area contributed by atoms with Gasteiger partial charge in [0.2, 0.25) is 0 Å². The van der Waals surface area contributed by atoms with E-state index >= 15 is 0 Å². The van der Waals surface area contributed by atoms with Crippen molar-refractivity contribution in [3.63, 3.8) is 0 Å². The second-order valence-corrected chi connectivity index (χ2v) is 5.98. The predicted molar refractivity (Wildman–Crippen MR) is 93.3 cm³/mol. The average Bonchev–Trinajstić information content (AvgIpc) is 2.51. The minimum atomic E-state index is -0.382. The Balaban J connectivity index is 3.18. The number of rotatable bonds is 7. The van der Waals surface area contributed by atoms with Crippen molar-refractivity contribution in [3.8, 4) is 17.6 Å². The number of methoxy groups -OCH3 is 1. The first-order chi connectivity index (χ1) is 10.9. The number of hydrogen-bond donors (Lipinski definition) is 1. The first-order valence-corrected chi connectivity index (χ1v) is 8.16. The lowest BCUT2D eigenvalue weighted by molar-refractivity contribution is -0.117. The molecule has 0 radical (unpaired) electrons. The molecule has 23 heavy (non-hydrogen) atoms. The van der Waals surface area contributed by atoms with E-state index in [0.29, 0.717) is 28.1 Å². The van der Waals surface area contributed by atoms with E-state index in [2.05, 4.69) is 21.2 Å². The van der Waals surface area contributed by atoms with Crippen molar-refractivity contribution >= 4 is 27.9 Å². The maximum atomic E-state index is 11.9. The number of carbonyl (C=O) groups excluding carboxylic acids is 1. The molecular weight excluding hydrogens is 360 g/mol. The maximum Gasteiger partial charge on any atom is 0.261 e. The van der Waals surface area contributed by atoms with Gasteiger partial charge in [0.05, 0.1) is 17.7 Å². The van der Waals surface area contributed by atoms with E-state index in [1.54, 1.807) is 19.2 Å². The molecule has 0 atom stereocenters. The number of ether oxygens (including phenoxy) is 2. The minimum Gasteiger partial charge on any atom is -0.493 e. The molecule has 0 aromatic heterocycles. The van der Waals surface area contributed by atoms with Gasteiger partial charge in [-0.05, 0) is 60.0 Å². The highest BCUT2D eigenvalue weighted by Crippen LogP contribution is 2.37. The molecule has 0 aliphatic carbocycles. The summed E-state index contributed by atoms with van der Waals surface area (Å²) in [5.41, 5.74) is 0.720. The molecular formula is C17H21BrN2O3. The summed E-state index contributed by atoms with van der Waals surface area (Å²) in [6.07, 6.45) is 2.33. The normalized spacial score (nSPS) is 11.1. The standard InChI is InChI=1S/C17H21BrN2O3/c1-5-6-20-17(21)13(10-19)7-12-8-14(18)16(23-11(2)3)15(9-12)22-4/h7-9,11H,5-6H2,1-4H3,(H,20,21). The van der Waals surface area contributed by atoms with Gasteiger partial charge in [0.15, 0.2) is 11.5 Å². The van der Waals surface area contributed by atoms with Gasteiger partial charge in [0.25, 0.3) is 5.91 Å². The van der Waals surface area contributed by atoms with Gasteiger partial charge in [-0.3, -0.25) is 4.79 Å². The van der Waals surface area contributed by atoms with Crippen LogP contribution in [-0.4, -0.2) is 25.7 Å². The molecule has 0 aliphatic rings. The third-order valence-corrected chi connectivity index (χ3v) is 3.41. The first-order valence-electron chi connectivity index (χ1n) is 7.37. The Kier molecular flexibility index (Phi) is 7.63. The molecule has 0 saturated heterocycles. The predicted octanol–water partition coefficient (Wildman–Crippen LogP) is 3.68. The summed E-state index contributed by atoms with van der Waals surface area (Å²) in [5.74, 6) is 0.742. The Labute approximate surface area is 145 Å². The Hall–Kier alpha value is -2.00. The van der Waals surface area contributed by atoms with Gasteiger partial charge in [-0.1, -0.05) is 6.92 Å². The molecule has 0 unspecified atom stereocenters. The summed E-state index contributed by atoms with van der Waals surface area (Å²) in [4.78, 5) is 11.9. The van der Waals surface area contributed by atoms with Crippen LogP contribution < -0.4 is 14.8 Å². The molecule has 0 bridgehead atoms. The van der Waals surface area contributed by atoms with E-state index in [4.69, 9.17) is 9.47 Å². The number of halogens is 1. The summed E-state index contributed by atoms with van der Waals surface area (Å²) >= 11 is 3.44. The molecule has 1 rings (SSSR count). The topological polar surface area (TPSA) is 71.4 Å². The van der Waals surface area contributed by atoms with E-state index in [9.17, 15) is 10.1 Å². The fourth-order valence-corrected chi connectivity index (χ4v) is 2.38. The second-order valence-electron chi connectivity index (χ2n) is 5.13. The molecule has 0 saturated carbocycles. The number of hydrogen-bond acceptors (Lipinski definition) is 4. The van der Waals surface area contributed by atoms with Gasteiger partial charge < -0.3 is 14.8 Å². The van der Waals surface area contributed by atoms with Crippen LogP contribution in [0.4, 0.5) is 0 Å². The third kappa shape index (κ3) is 5.61. The Morgan fingerprint density at radius 2 is 2.17 bits per heavy atom. The third-order valence-electron chi connectivity index (χ3n) is 2.82.